The summed E-state index contributed by atoms with van der Waals surface area (Å²) in [7, 11) is -0.647. The van der Waals surface area contributed by atoms with E-state index in [4.69, 9.17) is 26.2 Å². The molecule has 0 aliphatic heterocycles. The number of nitrogens with two attached hydrogens (primary N) is 1. The fraction of sp³-hybridized carbons (Fsp3) is 0.100. The molecule has 3 aromatic rings. The lowest BCUT2D eigenvalue weighted by Gasteiger charge is -2.14. The van der Waals surface area contributed by atoms with E-state index in [1.807, 2.05) is 36.4 Å². The Labute approximate surface area is 163 Å². The number of benzene rings is 3. The predicted octanol–water partition coefficient (Wildman–Crippen LogP) is 4.34. The monoisotopic (exact) mass is 403 g/mol. The van der Waals surface area contributed by atoms with E-state index in [2.05, 4.69) is 0 Å². The molecule has 3 rings (SSSR count). The van der Waals surface area contributed by atoms with Crippen LogP contribution in [0.3, 0.4) is 0 Å². The second-order valence-electron chi connectivity index (χ2n) is 5.81. The van der Waals surface area contributed by atoms with Gasteiger partial charge < -0.3 is 9.47 Å². The van der Waals surface area contributed by atoms with Gasteiger partial charge in [-0.25, -0.2) is 13.6 Å². The van der Waals surface area contributed by atoms with Crippen LogP contribution in [0.5, 0.6) is 11.5 Å². The molecule has 140 valence electrons. The first kappa shape index (κ1) is 19.2. The van der Waals surface area contributed by atoms with Gasteiger partial charge in [-0.2, -0.15) is 0 Å². The molecule has 0 radical (unpaired) electrons. The highest BCUT2D eigenvalue weighted by Crippen LogP contribution is 2.41. The Morgan fingerprint density at radius 1 is 0.815 bits per heavy atom. The second kappa shape index (κ2) is 7.60. The van der Waals surface area contributed by atoms with Gasteiger partial charge in [0.1, 0.15) is 16.5 Å². The molecule has 3 aromatic carbocycles. The molecule has 5 nitrogen and oxygen atoms in total. The van der Waals surface area contributed by atoms with Crippen LogP contribution in [0.2, 0.25) is 5.02 Å². The summed E-state index contributed by atoms with van der Waals surface area (Å²) in [6.07, 6.45) is 0. The third-order valence-electron chi connectivity index (χ3n) is 4.18. The maximum atomic E-state index is 11.5. The molecule has 0 saturated heterocycles. The lowest BCUT2D eigenvalue weighted by atomic mass is 9.94. The Morgan fingerprint density at radius 2 is 1.30 bits per heavy atom. The number of hydrogen-bond acceptors (Lipinski definition) is 4. The van der Waals surface area contributed by atoms with Gasteiger partial charge in [-0.3, -0.25) is 0 Å². The van der Waals surface area contributed by atoms with Crippen molar-refractivity contribution in [2.75, 3.05) is 14.2 Å². The van der Waals surface area contributed by atoms with E-state index < -0.39 is 10.0 Å². The molecular formula is C20H18ClNO4S. The summed E-state index contributed by atoms with van der Waals surface area (Å²) in [5.74, 6) is 1.01. The third kappa shape index (κ3) is 3.93. The zero-order valence-corrected chi connectivity index (χ0v) is 16.3. The number of rotatable bonds is 5. The van der Waals surface area contributed by atoms with Gasteiger partial charge in [0, 0.05) is 0 Å². The third-order valence-corrected chi connectivity index (χ3v) is 5.48. The molecule has 0 heterocycles. The molecular weight excluding hydrogens is 386 g/mol. The zero-order chi connectivity index (χ0) is 19.6. The Kier molecular flexibility index (Phi) is 5.41. The summed E-state index contributed by atoms with van der Waals surface area (Å²) in [6.45, 7) is 0. The van der Waals surface area contributed by atoms with Crippen LogP contribution in [0, 0.1) is 0 Å². The van der Waals surface area contributed by atoms with Crippen molar-refractivity contribution in [3.63, 3.8) is 0 Å². The fourth-order valence-electron chi connectivity index (χ4n) is 2.84. The van der Waals surface area contributed by atoms with Gasteiger partial charge in [-0.05, 0) is 46.5 Å². The van der Waals surface area contributed by atoms with Crippen LogP contribution in [0.25, 0.3) is 22.3 Å². The number of methoxy groups -OCH3 is 2. The van der Waals surface area contributed by atoms with E-state index in [-0.39, 0.29) is 4.90 Å². The molecule has 0 saturated carbocycles. The van der Waals surface area contributed by atoms with Crippen molar-refractivity contribution in [3.8, 4) is 33.8 Å². The van der Waals surface area contributed by atoms with Gasteiger partial charge in [0.25, 0.3) is 0 Å². The van der Waals surface area contributed by atoms with Crippen molar-refractivity contribution in [2.45, 2.75) is 4.90 Å². The van der Waals surface area contributed by atoms with Gasteiger partial charge in [0.15, 0.2) is 0 Å². The SMILES string of the molecule is COc1cc(-c2ccccc2-c2ccc(S(N)(=O)=O)cc2)cc(OC)c1Cl. The molecule has 0 fully saturated rings. The fourth-order valence-corrected chi connectivity index (χ4v) is 3.61. The summed E-state index contributed by atoms with van der Waals surface area (Å²) >= 11 is 6.27. The van der Waals surface area contributed by atoms with Crippen LogP contribution in [0.4, 0.5) is 0 Å². The Morgan fingerprint density at radius 3 is 1.74 bits per heavy atom. The van der Waals surface area contributed by atoms with Crippen LogP contribution in [0.15, 0.2) is 65.6 Å². The van der Waals surface area contributed by atoms with Gasteiger partial charge in [-0.1, -0.05) is 48.0 Å². The molecule has 0 spiro atoms. The molecule has 0 aliphatic carbocycles. The quantitative estimate of drug-likeness (QED) is 0.687. The zero-order valence-electron chi connectivity index (χ0n) is 14.8. The topological polar surface area (TPSA) is 78.6 Å². The lowest BCUT2D eigenvalue weighted by molar-refractivity contribution is 0.395. The Hall–Kier alpha value is -2.54. The number of hydrogen-bond donors (Lipinski definition) is 1. The summed E-state index contributed by atoms with van der Waals surface area (Å²) < 4.78 is 33.7. The van der Waals surface area contributed by atoms with Crippen molar-refractivity contribution in [1.29, 1.82) is 0 Å². The number of halogens is 1. The van der Waals surface area contributed by atoms with Gasteiger partial charge in [0.2, 0.25) is 10.0 Å². The number of sulfonamides is 1. The lowest BCUT2D eigenvalue weighted by Crippen LogP contribution is -2.11. The molecule has 7 heteroatoms. The standard InChI is InChI=1S/C20H18ClNO4S/c1-25-18-11-14(12-19(26-2)20(18)21)17-6-4-3-5-16(17)13-7-9-15(10-8-13)27(22,23)24/h3-12H,1-2H3,(H2,22,23,24). The van der Waals surface area contributed by atoms with Gasteiger partial charge >= 0.3 is 0 Å². The van der Waals surface area contributed by atoms with Crippen LogP contribution in [-0.2, 0) is 10.0 Å². The van der Waals surface area contributed by atoms with Crippen molar-refractivity contribution in [2.24, 2.45) is 5.14 Å². The van der Waals surface area contributed by atoms with Gasteiger partial charge in [-0.15, -0.1) is 0 Å². The second-order valence-corrected chi connectivity index (χ2v) is 7.75. The maximum absolute atomic E-state index is 11.5. The van der Waals surface area contributed by atoms with E-state index in [1.54, 1.807) is 26.4 Å². The van der Waals surface area contributed by atoms with Crippen LogP contribution >= 0.6 is 11.6 Å². The van der Waals surface area contributed by atoms with E-state index in [1.165, 1.54) is 12.1 Å². The summed E-state index contributed by atoms with van der Waals surface area (Å²) in [4.78, 5) is 0.0681. The Balaban J connectivity index is 2.15. The van der Waals surface area contributed by atoms with Crippen LogP contribution in [-0.4, -0.2) is 22.6 Å². The average Bonchev–Trinajstić information content (AvgIpc) is 2.67. The average molecular weight is 404 g/mol. The smallest absolute Gasteiger partial charge is 0.238 e. The van der Waals surface area contributed by atoms with Crippen molar-refractivity contribution in [1.82, 2.24) is 0 Å². The molecule has 0 unspecified atom stereocenters. The van der Waals surface area contributed by atoms with E-state index in [0.717, 1.165) is 22.3 Å². The van der Waals surface area contributed by atoms with Crippen molar-refractivity contribution in [3.05, 3.63) is 65.7 Å². The number of primary sulfonamides is 1. The predicted molar refractivity (Wildman–Crippen MR) is 107 cm³/mol. The molecule has 2 N–H and O–H groups in total. The minimum atomic E-state index is -3.73. The van der Waals surface area contributed by atoms with Crippen LogP contribution in [0.1, 0.15) is 0 Å². The number of ether oxygens (including phenoxy) is 2. The minimum absolute atomic E-state index is 0.0681. The molecule has 0 bridgehead atoms. The normalized spacial score (nSPS) is 11.3. The molecule has 0 aromatic heterocycles. The highest BCUT2D eigenvalue weighted by molar-refractivity contribution is 7.89. The van der Waals surface area contributed by atoms with Crippen molar-refractivity contribution < 1.29 is 17.9 Å². The first-order valence-corrected chi connectivity index (χ1v) is 9.91. The highest BCUT2D eigenvalue weighted by Gasteiger charge is 2.15. The largest absolute Gasteiger partial charge is 0.495 e. The van der Waals surface area contributed by atoms with E-state index in [0.29, 0.717) is 16.5 Å². The van der Waals surface area contributed by atoms with Crippen molar-refractivity contribution >= 4 is 21.6 Å². The van der Waals surface area contributed by atoms with Gasteiger partial charge in [0.05, 0.1) is 19.1 Å². The molecule has 0 aliphatic rings. The van der Waals surface area contributed by atoms with E-state index in [9.17, 15) is 8.42 Å². The maximum Gasteiger partial charge on any atom is 0.238 e. The summed E-state index contributed by atoms with van der Waals surface area (Å²) in [5.41, 5.74) is 3.56. The minimum Gasteiger partial charge on any atom is -0.495 e. The molecule has 0 amide bonds. The molecule has 27 heavy (non-hydrogen) atoms. The van der Waals surface area contributed by atoms with Crippen LogP contribution < -0.4 is 14.6 Å². The Bertz CT molecular complexity index is 1050. The molecule has 0 atom stereocenters. The summed E-state index contributed by atoms with van der Waals surface area (Å²) in [6, 6.07) is 17.9. The highest BCUT2D eigenvalue weighted by atomic mass is 35.5. The van der Waals surface area contributed by atoms with E-state index >= 15 is 0 Å². The first-order chi connectivity index (χ1) is 12.8. The first-order valence-electron chi connectivity index (χ1n) is 7.99. The summed E-state index contributed by atoms with van der Waals surface area (Å²) in [5, 5.41) is 5.58.